The molecule has 1 amide bonds. The fraction of sp³-hybridized carbons (Fsp3) is 0.611. The van der Waals surface area contributed by atoms with Crippen LogP contribution in [0.15, 0.2) is 24.3 Å². The molecule has 2 unspecified atom stereocenters. The summed E-state index contributed by atoms with van der Waals surface area (Å²) in [5.74, 6) is 1.54. The molecular weight excluding hydrogens is 278 g/mol. The van der Waals surface area contributed by atoms with Gasteiger partial charge in [-0.3, -0.25) is 4.79 Å². The van der Waals surface area contributed by atoms with Crippen LogP contribution in [0, 0.1) is 5.92 Å². The summed E-state index contributed by atoms with van der Waals surface area (Å²) in [4.78, 5) is 14.5. The number of carbonyl (C=O) groups is 1. The minimum atomic E-state index is 0.136. The molecule has 0 N–H and O–H groups in total. The third kappa shape index (κ3) is 3.80. The highest BCUT2D eigenvalue weighted by Gasteiger charge is 2.22. The Morgan fingerprint density at radius 1 is 1.27 bits per heavy atom. The lowest BCUT2D eigenvalue weighted by Gasteiger charge is -2.31. The molecule has 120 valence electrons. The zero-order valence-electron chi connectivity index (χ0n) is 13.3. The molecule has 2 aliphatic heterocycles. The summed E-state index contributed by atoms with van der Waals surface area (Å²) >= 11 is 0. The van der Waals surface area contributed by atoms with Crippen molar-refractivity contribution in [2.75, 3.05) is 26.3 Å². The van der Waals surface area contributed by atoms with E-state index in [-0.39, 0.29) is 12.0 Å². The van der Waals surface area contributed by atoms with Crippen molar-refractivity contribution >= 4 is 5.91 Å². The summed E-state index contributed by atoms with van der Waals surface area (Å²) in [6, 6.07) is 7.50. The molecule has 2 atom stereocenters. The number of carbonyl (C=O) groups excluding carboxylic acids is 1. The van der Waals surface area contributed by atoms with Crippen molar-refractivity contribution in [2.45, 2.75) is 38.7 Å². The monoisotopic (exact) mass is 303 g/mol. The minimum absolute atomic E-state index is 0.136. The fourth-order valence-corrected chi connectivity index (χ4v) is 3.22. The number of hydrogen-bond donors (Lipinski definition) is 0. The van der Waals surface area contributed by atoms with Crippen LogP contribution in [0.2, 0.25) is 0 Å². The van der Waals surface area contributed by atoms with Crippen LogP contribution in [0.1, 0.15) is 43.0 Å². The maximum absolute atomic E-state index is 12.5. The van der Waals surface area contributed by atoms with Gasteiger partial charge in [0.1, 0.15) is 12.4 Å². The molecule has 1 aromatic rings. The Hall–Kier alpha value is -1.55. The first-order valence-electron chi connectivity index (χ1n) is 8.36. The molecule has 2 fully saturated rings. The molecule has 2 aliphatic rings. The van der Waals surface area contributed by atoms with E-state index in [9.17, 15) is 4.79 Å². The van der Waals surface area contributed by atoms with Gasteiger partial charge in [0.05, 0.1) is 6.10 Å². The van der Waals surface area contributed by atoms with Crippen LogP contribution < -0.4 is 4.74 Å². The quantitative estimate of drug-likeness (QED) is 0.858. The molecule has 4 heteroatoms. The van der Waals surface area contributed by atoms with Crippen LogP contribution >= 0.6 is 0 Å². The van der Waals surface area contributed by atoms with Crippen LogP contribution in [0.5, 0.6) is 5.75 Å². The van der Waals surface area contributed by atoms with Gasteiger partial charge in [0.25, 0.3) is 5.91 Å². The predicted octanol–water partition coefficient (Wildman–Crippen LogP) is 3.12. The smallest absolute Gasteiger partial charge is 0.253 e. The molecular formula is C18H25NO3. The maximum Gasteiger partial charge on any atom is 0.253 e. The number of nitrogens with zero attached hydrogens (tertiary/aromatic N) is 1. The Balaban J connectivity index is 1.54. The van der Waals surface area contributed by atoms with E-state index in [1.807, 2.05) is 29.2 Å². The molecule has 3 rings (SSSR count). The van der Waals surface area contributed by atoms with Crippen molar-refractivity contribution in [3.63, 3.8) is 0 Å². The van der Waals surface area contributed by atoms with Crippen LogP contribution in [0.4, 0.5) is 0 Å². The van der Waals surface area contributed by atoms with E-state index < -0.39 is 0 Å². The lowest BCUT2D eigenvalue weighted by molar-refractivity contribution is 0.0672. The Morgan fingerprint density at radius 2 is 2.09 bits per heavy atom. The van der Waals surface area contributed by atoms with Crippen molar-refractivity contribution in [1.82, 2.24) is 4.90 Å². The van der Waals surface area contributed by atoms with E-state index in [0.717, 1.165) is 50.3 Å². The lowest BCUT2D eigenvalue weighted by Crippen LogP contribution is -2.39. The summed E-state index contributed by atoms with van der Waals surface area (Å²) in [6.07, 6.45) is 4.74. The highest BCUT2D eigenvalue weighted by Crippen LogP contribution is 2.20. The second kappa shape index (κ2) is 7.14. The summed E-state index contributed by atoms with van der Waals surface area (Å²) in [7, 11) is 0. The lowest BCUT2D eigenvalue weighted by atomic mass is 9.99. The molecule has 22 heavy (non-hydrogen) atoms. The van der Waals surface area contributed by atoms with E-state index >= 15 is 0 Å². The molecule has 0 aliphatic carbocycles. The maximum atomic E-state index is 12.5. The van der Waals surface area contributed by atoms with Gasteiger partial charge in [0.15, 0.2) is 0 Å². The molecule has 0 radical (unpaired) electrons. The van der Waals surface area contributed by atoms with Crippen molar-refractivity contribution in [3.05, 3.63) is 29.8 Å². The number of amides is 1. The van der Waals surface area contributed by atoms with E-state index in [4.69, 9.17) is 9.47 Å². The molecule has 0 spiro atoms. The zero-order chi connectivity index (χ0) is 15.4. The van der Waals surface area contributed by atoms with Crippen molar-refractivity contribution in [3.8, 4) is 5.75 Å². The first-order chi connectivity index (χ1) is 10.7. The van der Waals surface area contributed by atoms with E-state index in [1.54, 1.807) is 0 Å². The second-order valence-electron chi connectivity index (χ2n) is 6.47. The van der Waals surface area contributed by atoms with Gasteiger partial charge >= 0.3 is 0 Å². The van der Waals surface area contributed by atoms with Crippen molar-refractivity contribution < 1.29 is 14.3 Å². The molecule has 2 heterocycles. The average Bonchev–Trinajstić information content (AvgIpc) is 3.06. The first kappa shape index (κ1) is 15.3. The largest absolute Gasteiger partial charge is 0.491 e. The number of hydrogen-bond acceptors (Lipinski definition) is 3. The van der Waals surface area contributed by atoms with E-state index in [1.165, 1.54) is 6.42 Å². The van der Waals surface area contributed by atoms with Crippen molar-refractivity contribution in [1.29, 1.82) is 0 Å². The minimum Gasteiger partial charge on any atom is -0.491 e. The fourth-order valence-electron chi connectivity index (χ4n) is 3.22. The number of benzene rings is 1. The normalized spacial score (nSPS) is 25.2. The number of likely N-dealkylation sites (tertiary alicyclic amines) is 1. The Morgan fingerprint density at radius 3 is 2.77 bits per heavy atom. The van der Waals surface area contributed by atoms with Crippen molar-refractivity contribution in [2.24, 2.45) is 5.92 Å². The summed E-state index contributed by atoms with van der Waals surface area (Å²) in [5, 5.41) is 0. The topological polar surface area (TPSA) is 38.8 Å². The summed E-state index contributed by atoms with van der Waals surface area (Å²) in [5.41, 5.74) is 0.749. The predicted molar refractivity (Wildman–Crippen MR) is 85.2 cm³/mol. The molecule has 0 saturated carbocycles. The van der Waals surface area contributed by atoms with Crippen LogP contribution in [-0.2, 0) is 4.74 Å². The third-order valence-corrected chi connectivity index (χ3v) is 4.51. The molecule has 2 saturated heterocycles. The Kier molecular flexibility index (Phi) is 4.98. The Bertz CT molecular complexity index is 494. The zero-order valence-corrected chi connectivity index (χ0v) is 13.3. The summed E-state index contributed by atoms with van der Waals surface area (Å²) in [6.45, 7) is 5.39. The molecule has 0 bridgehead atoms. The van der Waals surface area contributed by atoms with Crippen LogP contribution in [-0.4, -0.2) is 43.2 Å². The molecule has 0 aromatic heterocycles. The van der Waals surface area contributed by atoms with Crippen LogP contribution in [0.25, 0.3) is 0 Å². The van der Waals surface area contributed by atoms with Gasteiger partial charge in [-0.05, 0) is 55.9 Å². The molecule has 1 aromatic carbocycles. The summed E-state index contributed by atoms with van der Waals surface area (Å²) < 4.78 is 11.3. The number of rotatable bonds is 4. The Labute approximate surface area is 132 Å². The SMILES string of the molecule is CC1CCCN(C(=O)c2ccc(OCC3CCCO3)cc2)C1. The number of piperidine rings is 1. The average molecular weight is 303 g/mol. The van der Waals surface area contributed by atoms with Gasteiger partial charge in [-0.15, -0.1) is 0 Å². The third-order valence-electron chi connectivity index (χ3n) is 4.51. The van der Waals surface area contributed by atoms with Gasteiger partial charge < -0.3 is 14.4 Å². The molecule has 4 nitrogen and oxygen atoms in total. The van der Waals surface area contributed by atoms with Gasteiger partial charge in [0, 0.05) is 25.3 Å². The van der Waals surface area contributed by atoms with Gasteiger partial charge in [-0.2, -0.15) is 0 Å². The van der Waals surface area contributed by atoms with Gasteiger partial charge in [-0.1, -0.05) is 6.92 Å². The number of ether oxygens (including phenoxy) is 2. The van der Waals surface area contributed by atoms with Gasteiger partial charge in [0.2, 0.25) is 0 Å². The van der Waals surface area contributed by atoms with E-state index in [2.05, 4.69) is 6.92 Å². The van der Waals surface area contributed by atoms with Gasteiger partial charge in [-0.25, -0.2) is 0 Å². The highest BCUT2D eigenvalue weighted by atomic mass is 16.5. The second-order valence-corrected chi connectivity index (χ2v) is 6.47. The van der Waals surface area contributed by atoms with Crippen LogP contribution in [0.3, 0.4) is 0 Å². The highest BCUT2D eigenvalue weighted by molar-refractivity contribution is 5.94. The standard InChI is InChI=1S/C18H25NO3/c1-14-4-2-10-19(12-14)18(20)15-6-8-16(9-7-15)22-13-17-5-3-11-21-17/h6-9,14,17H,2-5,10-13H2,1H3. The first-order valence-corrected chi connectivity index (χ1v) is 8.36. The van der Waals surface area contributed by atoms with E-state index in [0.29, 0.717) is 12.5 Å².